The van der Waals surface area contributed by atoms with E-state index >= 15 is 0 Å². The molecule has 0 atom stereocenters. The van der Waals surface area contributed by atoms with Crippen LogP contribution in [0.3, 0.4) is 0 Å². The predicted octanol–water partition coefficient (Wildman–Crippen LogP) is 0.290. The third kappa shape index (κ3) is 4.64. The minimum Gasteiger partial charge on any atom is -0.366 e. The van der Waals surface area contributed by atoms with Crippen LogP contribution in [0.4, 0.5) is 0 Å². The zero-order valence-electron chi connectivity index (χ0n) is 7.73. The molecule has 0 rings (SSSR count). The summed E-state index contributed by atoms with van der Waals surface area (Å²) in [6, 6.07) is 0. The van der Waals surface area contributed by atoms with Crippen LogP contribution < -0.4 is 5.73 Å². The van der Waals surface area contributed by atoms with Gasteiger partial charge >= 0.3 is 0 Å². The molecule has 0 saturated carbocycles. The van der Waals surface area contributed by atoms with Crippen molar-refractivity contribution in [1.29, 1.82) is 0 Å². The van der Waals surface area contributed by atoms with Crippen LogP contribution in [0.1, 0.15) is 20.8 Å². The Kier molecular flexibility index (Phi) is 3.23. The maximum Gasteiger partial charge on any atom is 0.288 e. The van der Waals surface area contributed by atoms with Crippen molar-refractivity contribution in [2.75, 3.05) is 0 Å². The Hall–Kier alpha value is -0.880. The number of amides is 1. The molecular formula is C7H13NO4S. The first-order valence-electron chi connectivity index (χ1n) is 3.53. The number of carbonyl (C=O) groups is 1. The highest BCUT2D eigenvalue weighted by molar-refractivity contribution is 7.88. The second kappa shape index (κ2) is 3.47. The van der Waals surface area contributed by atoms with E-state index in [0.29, 0.717) is 5.41 Å². The summed E-state index contributed by atoms with van der Waals surface area (Å²) in [5, 5.41) is 0.481. The summed E-state index contributed by atoms with van der Waals surface area (Å²) in [4.78, 5) is 10.8. The minimum absolute atomic E-state index is 0.130. The van der Waals surface area contributed by atoms with Crippen LogP contribution in [0.5, 0.6) is 0 Å². The second-order valence-electron chi connectivity index (χ2n) is 3.66. The molecule has 0 saturated heterocycles. The van der Waals surface area contributed by atoms with Gasteiger partial charge in [0.25, 0.3) is 10.1 Å². The average molecular weight is 207 g/mol. The summed E-state index contributed by atoms with van der Waals surface area (Å²) in [6.07, 6.45) is 0. The van der Waals surface area contributed by atoms with E-state index in [1.807, 2.05) is 0 Å². The first kappa shape index (κ1) is 12.1. The molecule has 3 N–H and O–H groups in total. The molecule has 13 heavy (non-hydrogen) atoms. The first-order valence-corrected chi connectivity index (χ1v) is 5.04. The van der Waals surface area contributed by atoms with Crippen molar-refractivity contribution >= 4 is 16.0 Å². The van der Waals surface area contributed by atoms with Crippen molar-refractivity contribution in [3.63, 3.8) is 0 Å². The first-order chi connectivity index (χ1) is 5.54. The van der Waals surface area contributed by atoms with E-state index in [-0.39, 0.29) is 5.57 Å². The van der Waals surface area contributed by atoms with Crippen molar-refractivity contribution in [2.24, 2.45) is 11.1 Å². The van der Waals surface area contributed by atoms with Gasteiger partial charge in [0.15, 0.2) is 0 Å². The molecule has 1 amide bonds. The Morgan fingerprint density at radius 1 is 1.38 bits per heavy atom. The van der Waals surface area contributed by atoms with E-state index in [2.05, 4.69) is 0 Å². The Balaban J connectivity index is 5.32. The fourth-order valence-electron chi connectivity index (χ4n) is 0.753. The zero-order valence-corrected chi connectivity index (χ0v) is 8.55. The zero-order chi connectivity index (χ0) is 10.9. The number of rotatable bonds is 2. The highest BCUT2D eigenvalue weighted by Crippen LogP contribution is 2.25. The summed E-state index contributed by atoms with van der Waals surface area (Å²) in [5.41, 5.74) is 4.11. The van der Waals surface area contributed by atoms with E-state index in [4.69, 9.17) is 10.3 Å². The highest BCUT2D eigenvalue weighted by atomic mass is 32.2. The quantitative estimate of drug-likeness (QED) is 0.502. The minimum atomic E-state index is -4.31. The fourth-order valence-corrected chi connectivity index (χ4v) is 1.52. The lowest BCUT2D eigenvalue weighted by molar-refractivity contribution is -0.115. The molecule has 0 spiro atoms. The van der Waals surface area contributed by atoms with Crippen molar-refractivity contribution in [1.82, 2.24) is 0 Å². The molecule has 76 valence electrons. The number of carbonyl (C=O) groups excluding carboxylic acids is 1. The molecular weight excluding hydrogens is 194 g/mol. The van der Waals surface area contributed by atoms with Crippen molar-refractivity contribution in [3.05, 3.63) is 11.0 Å². The lowest BCUT2D eigenvalue weighted by Gasteiger charge is -2.19. The van der Waals surface area contributed by atoms with Crippen LogP contribution in [0.25, 0.3) is 0 Å². The number of hydrogen-bond donors (Lipinski definition) is 2. The lowest BCUT2D eigenvalue weighted by Crippen LogP contribution is -2.25. The molecule has 0 bridgehead atoms. The van der Waals surface area contributed by atoms with Gasteiger partial charge in [-0.25, -0.2) is 0 Å². The fraction of sp³-hybridized carbons (Fsp3) is 0.571. The molecule has 0 radical (unpaired) electrons. The summed E-state index contributed by atoms with van der Waals surface area (Å²) in [7, 11) is -4.31. The van der Waals surface area contributed by atoms with Crippen molar-refractivity contribution in [3.8, 4) is 0 Å². The number of primary amides is 1. The van der Waals surface area contributed by atoms with E-state index < -0.39 is 21.4 Å². The van der Waals surface area contributed by atoms with Crippen LogP contribution in [0.15, 0.2) is 11.0 Å². The summed E-state index contributed by atoms with van der Waals surface area (Å²) < 4.78 is 29.4. The Morgan fingerprint density at radius 2 is 1.77 bits per heavy atom. The molecule has 6 heteroatoms. The van der Waals surface area contributed by atoms with Gasteiger partial charge in [-0.3, -0.25) is 9.35 Å². The summed E-state index contributed by atoms with van der Waals surface area (Å²) in [5.74, 6) is -0.856. The maximum atomic E-state index is 10.8. The molecule has 0 aliphatic carbocycles. The lowest BCUT2D eigenvalue weighted by atomic mass is 9.87. The largest absolute Gasteiger partial charge is 0.366 e. The van der Waals surface area contributed by atoms with Crippen LogP contribution in [0, 0.1) is 5.41 Å². The second-order valence-corrected chi connectivity index (χ2v) is 4.93. The standard InChI is InChI=1S/C7H13NO4S/c1-7(2,3)5(6(8)9)4-13(10,11)12/h4H,1-3H3,(H2,8,9)(H,10,11,12)/b5-4+. The maximum absolute atomic E-state index is 10.8. The molecule has 0 unspecified atom stereocenters. The molecule has 0 aliphatic heterocycles. The van der Waals surface area contributed by atoms with Gasteiger partial charge in [-0.05, 0) is 5.41 Å². The SMILES string of the molecule is CC(C)(C)/C(=C/S(=O)(=O)O)C(N)=O. The van der Waals surface area contributed by atoms with E-state index in [9.17, 15) is 13.2 Å². The van der Waals surface area contributed by atoms with Gasteiger partial charge in [0.05, 0.1) is 5.41 Å². The molecule has 0 fully saturated rings. The number of nitrogens with two attached hydrogens (primary N) is 1. The van der Waals surface area contributed by atoms with Crippen LogP contribution in [-0.4, -0.2) is 18.9 Å². The van der Waals surface area contributed by atoms with E-state index in [0.717, 1.165) is 0 Å². The Bertz CT molecular complexity index is 334. The highest BCUT2D eigenvalue weighted by Gasteiger charge is 2.23. The smallest absolute Gasteiger partial charge is 0.288 e. The molecule has 0 aliphatic rings. The van der Waals surface area contributed by atoms with Gasteiger partial charge in [-0.1, -0.05) is 20.8 Å². The van der Waals surface area contributed by atoms with Crippen LogP contribution >= 0.6 is 0 Å². The van der Waals surface area contributed by atoms with Gasteiger partial charge in [0.2, 0.25) is 5.91 Å². The Labute approximate surface area is 77.4 Å². The predicted molar refractivity (Wildman–Crippen MR) is 48.3 cm³/mol. The van der Waals surface area contributed by atoms with Gasteiger partial charge in [0, 0.05) is 5.57 Å². The van der Waals surface area contributed by atoms with Gasteiger partial charge in [-0.2, -0.15) is 8.42 Å². The third-order valence-electron chi connectivity index (χ3n) is 1.34. The van der Waals surface area contributed by atoms with Crippen LogP contribution in [0.2, 0.25) is 0 Å². The Morgan fingerprint density at radius 3 is 1.85 bits per heavy atom. The van der Waals surface area contributed by atoms with E-state index in [1.165, 1.54) is 0 Å². The third-order valence-corrected chi connectivity index (χ3v) is 1.87. The molecule has 0 aromatic carbocycles. The van der Waals surface area contributed by atoms with Gasteiger partial charge in [0.1, 0.15) is 0 Å². The summed E-state index contributed by atoms with van der Waals surface area (Å²) in [6.45, 7) is 4.86. The van der Waals surface area contributed by atoms with Crippen molar-refractivity contribution in [2.45, 2.75) is 20.8 Å². The molecule has 0 aromatic heterocycles. The molecule has 5 nitrogen and oxygen atoms in total. The molecule has 0 heterocycles. The number of hydrogen-bond acceptors (Lipinski definition) is 3. The average Bonchev–Trinajstić information content (AvgIpc) is 1.77. The van der Waals surface area contributed by atoms with E-state index in [1.54, 1.807) is 20.8 Å². The van der Waals surface area contributed by atoms with Crippen molar-refractivity contribution < 1.29 is 17.8 Å². The topological polar surface area (TPSA) is 97.5 Å². The summed E-state index contributed by atoms with van der Waals surface area (Å²) >= 11 is 0. The normalized spacial score (nSPS) is 14.3. The van der Waals surface area contributed by atoms with Crippen LogP contribution in [-0.2, 0) is 14.9 Å². The molecule has 0 aromatic rings. The van der Waals surface area contributed by atoms with Gasteiger partial charge in [-0.15, -0.1) is 0 Å². The monoisotopic (exact) mass is 207 g/mol. The van der Waals surface area contributed by atoms with Gasteiger partial charge < -0.3 is 5.73 Å².